The summed E-state index contributed by atoms with van der Waals surface area (Å²) in [6, 6.07) is 6.73. The van der Waals surface area contributed by atoms with Gasteiger partial charge in [0.2, 0.25) is 5.78 Å². The summed E-state index contributed by atoms with van der Waals surface area (Å²) in [6.45, 7) is 5.23. The molecule has 0 aliphatic heterocycles. The highest BCUT2D eigenvalue weighted by molar-refractivity contribution is 6.00. The van der Waals surface area contributed by atoms with Gasteiger partial charge in [-0.25, -0.2) is 4.79 Å². The van der Waals surface area contributed by atoms with Gasteiger partial charge in [-0.15, -0.1) is 0 Å². The average Bonchev–Trinajstić information content (AvgIpc) is 2.55. The zero-order chi connectivity index (χ0) is 18.9. The van der Waals surface area contributed by atoms with Crippen molar-refractivity contribution in [3.05, 3.63) is 29.8 Å². The lowest BCUT2D eigenvalue weighted by Gasteiger charge is -2.19. The molecule has 25 heavy (non-hydrogen) atoms. The maximum absolute atomic E-state index is 12.1. The fraction of sp³-hybridized carbons (Fsp3) is 0.500. The number of para-hydroxylation sites is 1. The molecule has 0 radical (unpaired) electrons. The number of hydrogen-bond acceptors (Lipinski definition) is 6. The van der Waals surface area contributed by atoms with E-state index >= 15 is 0 Å². The van der Waals surface area contributed by atoms with Crippen molar-refractivity contribution in [2.45, 2.75) is 39.2 Å². The largest absolute Gasteiger partial charge is 0.496 e. The average molecular weight is 351 g/mol. The Morgan fingerprint density at radius 3 is 2.44 bits per heavy atom. The summed E-state index contributed by atoms with van der Waals surface area (Å²) in [6.07, 6.45) is -0.0529. The summed E-state index contributed by atoms with van der Waals surface area (Å²) in [7, 11) is 1.47. The molecule has 0 saturated carbocycles. The van der Waals surface area contributed by atoms with Crippen LogP contribution in [0.5, 0.6) is 5.75 Å². The molecule has 0 aromatic heterocycles. The van der Waals surface area contributed by atoms with E-state index in [1.54, 1.807) is 45.0 Å². The zero-order valence-electron chi connectivity index (χ0n) is 15.1. The molecule has 0 heterocycles. The lowest BCUT2D eigenvalue weighted by Crippen LogP contribution is -2.33. The molecule has 0 unspecified atom stereocenters. The number of benzene rings is 1. The highest BCUT2D eigenvalue weighted by atomic mass is 16.6. The summed E-state index contributed by atoms with van der Waals surface area (Å²) in [5, 5.41) is 2.55. The van der Waals surface area contributed by atoms with Crippen molar-refractivity contribution in [2.24, 2.45) is 0 Å². The third-order valence-electron chi connectivity index (χ3n) is 3.00. The third kappa shape index (κ3) is 8.19. The van der Waals surface area contributed by atoms with Crippen molar-refractivity contribution in [1.82, 2.24) is 5.32 Å². The molecule has 7 heteroatoms. The molecule has 0 saturated heterocycles. The highest BCUT2D eigenvalue weighted by Gasteiger charge is 2.16. The number of ketones is 1. The minimum Gasteiger partial charge on any atom is -0.496 e. The first-order chi connectivity index (χ1) is 11.7. The maximum Gasteiger partial charge on any atom is 0.407 e. The summed E-state index contributed by atoms with van der Waals surface area (Å²) in [4.78, 5) is 35.1. The van der Waals surface area contributed by atoms with Gasteiger partial charge in [0, 0.05) is 13.0 Å². The molecule has 0 spiro atoms. The lowest BCUT2D eigenvalue weighted by atomic mass is 10.1. The fourth-order valence-electron chi connectivity index (χ4n) is 1.91. The second-order valence-corrected chi connectivity index (χ2v) is 6.32. The Morgan fingerprint density at radius 1 is 1.12 bits per heavy atom. The van der Waals surface area contributed by atoms with Crippen molar-refractivity contribution < 1.29 is 28.6 Å². The topological polar surface area (TPSA) is 90.9 Å². The van der Waals surface area contributed by atoms with Gasteiger partial charge in [-0.05, 0) is 39.3 Å². The van der Waals surface area contributed by atoms with E-state index in [-0.39, 0.29) is 25.4 Å². The minimum atomic E-state index is -0.568. The van der Waals surface area contributed by atoms with Crippen LogP contribution in [0, 0.1) is 0 Å². The van der Waals surface area contributed by atoms with Gasteiger partial charge in [0.1, 0.15) is 11.4 Å². The number of methoxy groups -OCH3 is 1. The van der Waals surface area contributed by atoms with E-state index in [1.807, 2.05) is 0 Å². The van der Waals surface area contributed by atoms with Gasteiger partial charge in [-0.2, -0.15) is 0 Å². The molecule has 0 bridgehead atoms. The number of esters is 1. The van der Waals surface area contributed by atoms with Crippen LogP contribution in [0.3, 0.4) is 0 Å². The number of hydrogen-bond donors (Lipinski definition) is 1. The van der Waals surface area contributed by atoms with Gasteiger partial charge in [-0.3, -0.25) is 9.59 Å². The molecule has 1 aromatic carbocycles. The minimum absolute atomic E-state index is 0.0923. The van der Waals surface area contributed by atoms with E-state index in [9.17, 15) is 14.4 Å². The molecule has 1 N–H and O–H groups in total. The standard InChI is InChI=1S/C18H25NO6/c1-18(2,3)25-17(22)19-11-7-10-16(21)24-12-14(20)13-8-5-6-9-15(13)23-4/h5-6,8-9H,7,10-12H2,1-4H3,(H,19,22). The van der Waals surface area contributed by atoms with Gasteiger partial charge in [0.05, 0.1) is 12.7 Å². The predicted octanol–water partition coefficient (Wildman–Crippen LogP) is 2.73. The fourth-order valence-corrected chi connectivity index (χ4v) is 1.91. The number of carbonyl (C=O) groups is 3. The van der Waals surface area contributed by atoms with Gasteiger partial charge in [0.25, 0.3) is 0 Å². The van der Waals surface area contributed by atoms with Gasteiger partial charge in [0.15, 0.2) is 6.61 Å². The second kappa shape index (κ2) is 9.66. The summed E-state index contributed by atoms with van der Waals surface area (Å²) < 4.78 is 15.1. The summed E-state index contributed by atoms with van der Waals surface area (Å²) in [5.74, 6) is -0.406. The van der Waals surface area contributed by atoms with E-state index in [2.05, 4.69) is 5.32 Å². The van der Waals surface area contributed by atoms with E-state index in [0.29, 0.717) is 17.7 Å². The third-order valence-corrected chi connectivity index (χ3v) is 3.00. The quantitative estimate of drug-likeness (QED) is 0.440. The molecule has 1 amide bonds. The number of ether oxygens (including phenoxy) is 3. The number of alkyl carbamates (subject to hydrolysis) is 1. The van der Waals surface area contributed by atoms with Gasteiger partial charge in [-0.1, -0.05) is 12.1 Å². The Balaban J connectivity index is 2.27. The summed E-state index contributed by atoms with van der Waals surface area (Å²) in [5.41, 5.74) is -0.202. The van der Waals surface area contributed by atoms with Crippen LogP contribution in [-0.2, 0) is 14.3 Å². The molecule has 7 nitrogen and oxygen atoms in total. The monoisotopic (exact) mass is 351 g/mol. The van der Waals surface area contributed by atoms with Crippen LogP contribution in [0.2, 0.25) is 0 Å². The Hall–Kier alpha value is -2.57. The van der Waals surface area contributed by atoms with Crippen LogP contribution >= 0.6 is 0 Å². The summed E-state index contributed by atoms with van der Waals surface area (Å²) >= 11 is 0. The van der Waals surface area contributed by atoms with Crippen LogP contribution < -0.4 is 10.1 Å². The number of carbonyl (C=O) groups excluding carboxylic acids is 3. The first kappa shape index (κ1) is 20.5. The maximum atomic E-state index is 12.1. The molecule has 1 rings (SSSR count). The van der Waals surface area contributed by atoms with Crippen molar-refractivity contribution in [3.63, 3.8) is 0 Å². The first-order valence-electron chi connectivity index (χ1n) is 8.01. The van der Waals surface area contributed by atoms with Crippen LogP contribution in [0.15, 0.2) is 24.3 Å². The van der Waals surface area contributed by atoms with E-state index in [4.69, 9.17) is 14.2 Å². The second-order valence-electron chi connectivity index (χ2n) is 6.32. The van der Waals surface area contributed by atoms with E-state index in [1.165, 1.54) is 7.11 Å². The Bertz CT molecular complexity index is 606. The number of rotatable bonds is 8. The number of nitrogens with one attached hydrogen (secondary N) is 1. The van der Waals surface area contributed by atoms with Gasteiger partial charge >= 0.3 is 12.1 Å². The van der Waals surface area contributed by atoms with E-state index in [0.717, 1.165) is 0 Å². The molecule has 0 fully saturated rings. The number of amides is 1. The van der Waals surface area contributed by atoms with E-state index < -0.39 is 17.7 Å². The molecular formula is C18H25NO6. The Kier molecular flexibility index (Phi) is 7.91. The lowest BCUT2D eigenvalue weighted by molar-refractivity contribution is -0.142. The van der Waals surface area contributed by atoms with Crippen molar-refractivity contribution in [2.75, 3.05) is 20.3 Å². The molecule has 0 aliphatic rings. The van der Waals surface area contributed by atoms with Crippen LogP contribution in [-0.4, -0.2) is 43.7 Å². The van der Waals surface area contributed by atoms with Crippen LogP contribution in [0.1, 0.15) is 44.0 Å². The van der Waals surface area contributed by atoms with Crippen LogP contribution in [0.4, 0.5) is 4.79 Å². The highest BCUT2D eigenvalue weighted by Crippen LogP contribution is 2.17. The van der Waals surface area contributed by atoms with Crippen LogP contribution in [0.25, 0.3) is 0 Å². The molecule has 0 aliphatic carbocycles. The van der Waals surface area contributed by atoms with Crippen molar-refractivity contribution >= 4 is 17.8 Å². The number of Topliss-reactive ketones (excluding diaryl/α,β-unsaturated/α-hetero) is 1. The molecule has 0 atom stereocenters. The Morgan fingerprint density at radius 2 is 1.80 bits per heavy atom. The van der Waals surface area contributed by atoms with Crippen molar-refractivity contribution in [3.8, 4) is 5.75 Å². The van der Waals surface area contributed by atoms with Gasteiger partial charge < -0.3 is 19.5 Å². The zero-order valence-corrected chi connectivity index (χ0v) is 15.1. The smallest absolute Gasteiger partial charge is 0.407 e. The molecule has 138 valence electrons. The molecular weight excluding hydrogens is 326 g/mol. The first-order valence-corrected chi connectivity index (χ1v) is 8.01. The Labute approximate surface area is 147 Å². The molecule has 1 aromatic rings. The normalized spacial score (nSPS) is 10.7. The SMILES string of the molecule is COc1ccccc1C(=O)COC(=O)CCCNC(=O)OC(C)(C)C. The van der Waals surface area contributed by atoms with Crippen molar-refractivity contribution in [1.29, 1.82) is 0 Å². The predicted molar refractivity (Wildman–Crippen MR) is 91.8 cm³/mol.